The molecule has 1 fully saturated rings. The lowest BCUT2D eigenvalue weighted by atomic mass is 10.1. The quantitative estimate of drug-likeness (QED) is 0.866. The minimum Gasteiger partial charge on any atom is -0.363 e. The highest BCUT2D eigenvalue weighted by atomic mass is 35.5. The molecule has 2 aromatic heterocycles. The Morgan fingerprint density at radius 2 is 2.04 bits per heavy atom. The number of piperidine rings is 1. The van der Waals surface area contributed by atoms with E-state index in [1.54, 1.807) is 6.20 Å². The third-order valence-corrected chi connectivity index (χ3v) is 4.58. The lowest BCUT2D eigenvalue weighted by molar-refractivity contribution is 0.0946. The predicted molar refractivity (Wildman–Crippen MR) is 103 cm³/mol. The van der Waals surface area contributed by atoms with Gasteiger partial charge in [-0.1, -0.05) is 11.6 Å². The third kappa shape index (κ3) is 4.40. The highest BCUT2D eigenvalue weighted by Crippen LogP contribution is 2.20. The fourth-order valence-electron chi connectivity index (χ4n) is 2.84. The van der Waals surface area contributed by atoms with Crippen LogP contribution in [0.25, 0.3) is 0 Å². The summed E-state index contributed by atoms with van der Waals surface area (Å²) in [5.41, 5.74) is 1.17. The molecule has 3 rings (SSSR count). The van der Waals surface area contributed by atoms with Gasteiger partial charge in [0.1, 0.15) is 5.82 Å². The number of rotatable bonds is 5. The van der Waals surface area contributed by atoms with Crippen LogP contribution in [0.3, 0.4) is 0 Å². The minimum atomic E-state index is -0.307. The van der Waals surface area contributed by atoms with Crippen LogP contribution >= 0.6 is 11.6 Å². The Bertz CT molecular complexity index is 776. The molecule has 1 aliphatic heterocycles. The van der Waals surface area contributed by atoms with Gasteiger partial charge in [-0.05, 0) is 37.0 Å². The van der Waals surface area contributed by atoms with Gasteiger partial charge < -0.3 is 15.1 Å². The Hall–Kier alpha value is -2.41. The Balaban J connectivity index is 1.70. The summed E-state index contributed by atoms with van der Waals surface area (Å²) in [6, 6.07) is 3.80. The van der Waals surface area contributed by atoms with Crippen molar-refractivity contribution in [3.8, 4) is 0 Å². The number of hydrogen-bond donors (Lipinski definition) is 1. The van der Waals surface area contributed by atoms with E-state index in [2.05, 4.69) is 25.2 Å². The highest BCUT2D eigenvalue weighted by molar-refractivity contribution is 6.33. The summed E-state index contributed by atoms with van der Waals surface area (Å²) in [6.45, 7) is 2.20. The van der Waals surface area contributed by atoms with E-state index < -0.39 is 0 Å². The van der Waals surface area contributed by atoms with Crippen LogP contribution in [0.2, 0.25) is 5.02 Å². The van der Waals surface area contributed by atoms with Gasteiger partial charge in [0.15, 0.2) is 5.69 Å². The molecule has 0 aromatic carbocycles. The standard InChI is InChI=1S/C18H23ClN6O/c1-24(2)15-10-13(6-7-20-15)11-21-17(26)16-14(19)12-22-18(23-16)25-8-4-3-5-9-25/h6-7,10,12H,3-5,8-9,11H2,1-2H3,(H,21,26). The molecular weight excluding hydrogens is 352 g/mol. The van der Waals surface area contributed by atoms with E-state index in [4.69, 9.17) is 11.6 Å². The first-order chi connectivity index (χ1) is 12.5. The van der Waals surface area contributed by atoms with Crippen molar-refractivity contribution in [2.45, 2.75) is 25.8 Å². The maximum Gasteiger partial charge on any atom is 0.271 e. The molecule has 2 aromatic rings. The van der Waals surface area contributed by atoms with Crippen molar-refractivity contribution in [3.05, 3.63) is 40.8 Å². The minimum absolute atomic E-state index is 0.212. The van der Waals surface area contributed by atoms with Gasteiger partial charge in [-0.2, -0.15) is 0 Å². The lowest BCUT2D eigenvalue weighted by Crippen LogP contribution is -2.32. The largest absolute Gasteiger partial charge is 0.363 e. The number of pyridine rings is 1. The summed E-state index contributed by atoms with van der Waals surface area (Å²) in [4.78, 5) is 29.5. The predicted octanol–water partition coefficient (Wildman–Crippen LogP) is 2.51. The van der Waals surface area contributed by atoms with Crippen molar-refractivity contribution in [2.24, 2.45) is 0 Å². The van der Waals surface area contributed by atoms with Gasteiger partial charge in [0.05, 0.1) is 11.2 Å². The van der Waals surface area contributed by atoms with Gasteiger partial charge in [-0.25, -0.2) is 15.0 Å². The molecule has 0 radical (unpaired) electrons. The molecule has 0 unspecified atom stereocenters. The summed E-state index contributed by atoms with van der Waals surface area (Å²) in [5.74, 6) is 1.10. The number of carbonyl (C=O) groups is 1. The summed E-state index contributed by atoms with van der Waals surface area (Å²) in [7, 11) is 3.85. The molecule has 138 valence electrons. The topological polar surface area (TPSA) is 74.2 Å². The average Bonchev–Trinajstić information content (AvgIpc) is 2.67. The first kappa shape index (κ1) is 18.4. The number of halogens is 1. The molecule has 1 N–H and O–H groups in total. The number of nitrogens with one attached hydrogen (secondary N) is 1. The van der Waals surface area contributed by atoms with E-state index in [1.807, 2.05) is 31.1 Å². The second kappa shape index (κ2) is 8.31. The lowest BCUT2D eigenvalue weighted by Gasteiger charge is -2.26. The fraction of sp³-hybridized carbons (Fsp3) is 0.444. The SMILES string of the molecule is CN(C)c1cc(CNC(=O)c2nc(N3CCCCC3)ncc2Cl)ccn1. The molecule has 3 heterocycles. The maximum absolute atomic E-state index is 12.6. The van der Waals surface area contributed by atoms with E-state index >= 15 is 0 Å². The van der Waals surface area contributed by atoms with E-state index in [0.717, 1.165) is 37.3 Å². The zero-order valence-electron chi connectivity index (χ0n) is 15.1. The van der Waals surface area contributed by atoms with Crippen molar-refractivity contribution in [1.29, 1.82) is 0 Å². The molecular formula is C18H23ClN6O. The van der Waals surface area contributed by atoms with Gasteiger partial charge in [0.25, 0.3) is 5.91 Å². The van der Waals surface area contributed by atoms with Gasteiger partial charge in [-0.15, -0.1) is 0 Å². The number of anilines is 2. The first-order valence-electron chi connectivity index (χ1n) is 8.72. The van der Waals surface area contributed by atoms with Crippen molar-refractivity contribution in [2.75, 3.05) is 37.0 Å². The molecule has 0 aliphatic carbocycles. The van der Waals surface area contributed by atoms with Crippen LogP contribution in [0, 0.1) is 0 Å². The first-order valence-corrected chi connectivity index (χ1v) is 9.10. The number of nitrogens with zero attached hydrogens (tertiary/aromatic N) is 5. The molecule has 1 saturated heterocycles. The Labute approximate surface area is 158 Å². The van der Waals surface area contributed by atoms with Crippen molar-refractivity contribution in [1.82, 2.24) is 20.3 Å². The molecule has 0 bridgehead atoms. The summed E-state index contributed by atoms with van der Waals surface area (Å²) in [6.07, 6.45) is 6.68. The molecule has 26 heavy (non-hydrogen) atoms. The number of hydrogen-bond acceptors (Lipinski definition) is 6. The number of aromatic nitrogens is 3. The third-order valence-electron chi connectivity index (χ3n) is 4.31. The number of amides is 1. The second-order valence-corrected chi connectivity index (χ2v) is 6.92. The second-order valence-electron chi connectivity index (χ2n) is 6.51. The zero-order chi connectivity index (χ0) is 18.5. The summed E-state index contributed by atoms with van der Waals surface area (Å²) in [5, 5.41) is 3.13. The molecule has 1 amide bonds. The van der Waals surface area contributed by atoms with Gasteiger partial charge in [0.2, 0.25) is 5.95 Å². The van der Waals surface area contributed by atoms with Crippen molar-refractivity contribution >= 4 is 29.3 Å². The Morgan fingerprint density at radius 3 is 2.77 bits per heavy atom. The van der Waals surface area contributed by atoms with Gasteiger partial charge >= 0.3 is 0 Å². The Morgan fingerprint density at radius 1 is 1.27 bits per heavy atom. The van der Waals surface area contributed by atoms with Crippen LogP contribution in [0.15, 0.2) is 24.5 Å². The van der Waals surface area contributed by atoms with Gasteiger partial charge in [0, 0.05) is 39.9 Å². The molecule has 7 nitrogen and oxygen atoms in total. The average molecular weight is 375 g/mol. The zero-order valence-corrected chi connectivity index (χ0v) is 15.8. The van der Waals surface area contributed by atoms with Crippen LogP contribution < -0.4 is 15.1 Å². The Kier molecular flexibility index (Phi) is 5.88. The molecule has 8 heteroatoms. The van der Waals surface area contributed by atoms with Crippen LogP contribution in [0.5, 0.6) is 0 Å². The van der Waals surface area contributed by atoms with E-state index in [9.17, 15) is 4.79 Å². The monoisotopic (exact) mass is 374 g/mol. The normalized spacial score (nSPS) is 14.2. The van der Waals surface area contributed by atoms with Crippen LogP contribution in [0.1, 0.15) is 35.3 Å². The van der Waals surface area contributed by atoms with Crippen LogP contribution in [-0.2, 0) is 6.54 Å². The van der Waals surface area contributed by atoms with Crippen molar-refractivity contribution in [3.63, 3.8) is 0 Å². The molecule has 0 saturated carbocycles. The van der Waals surface area contributed by atoms with Gasteiger partial charge in [-0.3, -0.25) is 4.79 Å². The molecule has 0 atom stereocenters. The summed E-state index contributed by atoms with van der Waals surface area (Å²) >= 11 is 6.16. The fourth-order valence-corrected chi connectivity index (χ4v) is 3.02. The van der Waals surface area contributed by atoms with Crippen LogP contribution in [-0.4, -0.2) is 48.0 Å². The smallest absolute Gasteiger partial charge is 0.271 e. The van der Waals surface area contributed by atoms with E-state index in [1.165, 1.54) is 12.6 Å². The van der Waals surface area contributed by atoms with E-state index in [0.29, 0.717) is 12.5 Å². The molecule has 1 aliphatic rings. The maximum atomic E-state index is 12.6. The highest BCUT2D eigenvalue weighted by Gasteiger charge is 2.18. The number of carbonyl (C=O) groups excluding carboxylic acids is 1. The van der Waals surface area contributed by atoms with Crippen molar-refractivity contribution < 1.29 is 4.79 Å². The molecule has 0 spiro atoms. The van der Waals surface area contributed by atoms with E-state index in [-0.39, 0.29) is 16.6 Å². The van der Waals surface area contributed by atoms with Crippen LogP contribution in [0.4, 0.5) is 11.8 Å². The summed E-state index contributed by atoms with van der Waals surface area (Å²) < 4.78 is 0.